The van der Waals surface area contributed by atoms with Gasteiger partial charge in [0.15, 0.2) is 11.6 Å². The minimum Gasteiger partial charge on any atom is -0.489 e. The zero-order valence-electron chi connectivity index (χ0n) is 20.9. The minimum absolute atomic E-state index is 0.221. The summed E-state index contributed by atoms with van der Waals surface area (Å²) in [5, 5.41) is 15.4. The van der Waals surface area contributed by atoms with Crippen molar-refractivity contribution in [2.45, 2.75) is 25.9 Å². The fourth-order valence-corrected chi connectivity index (χ4v) is 5.01. The summed E-state index contributed by atoms with van der Waals surface area (Å²) >= 11 is 0. The second kappa shape index (κ2) is 9.31. The number of fused-ring (bicyclic) bond motifs is 2. The number of hydrogen-bond acceptors (Lipinski definition) is 7. The maximum absolute atomic E-state index is 6.23. The number of benzene rings is 1. The molecule has 2 aliphatic heterocycles. The molecule has 38 heavy (non-hydrogen) atoms. The molecule has 1 saturated heterocycles. The Bertz CT molecular complexity index is 1680. The molecule has 4 N–H and O–H groups in total. The summed E-state index contributed by atoms with van der Waals surface area (Å²) in [7, 11) is 0. The van der Waals surface area contributed by atoms with Crippen LogP contribution in [0.5, 0.6) is 5.75 Å². The van der Waals surface area contributed by atoms with Crippen molar-refractivity contribution in [2.75, 3.05) is 18.4 Å². The Labute approximate surface area is 218 Å². The van der Waals surface area contributed by atoms with Gasteiger partial charge in [0.2, 0.25) is 0 Å². The molecule has 0 saturated carbocycles. The molecule has 0 radical (unpaired) electrons. The maximum atomic E-state index is 6.23. The predicted molar refractivity (Wildman–Crippen MR) is 147 cm³/mol. The molecule has 0 atom stereocenters. The van der Waals surface area contributed by atoms with E-state index >= 15 is 0 Å². The van der Waals surface area contributed by atoms with Crippen LogP contribution >= 0.6 is 0 Å². The van der Waals surface area contributed by atoms with Gasteiger partial charge in [-0.05, 0) is 68.8 Å². The molecule has 0 amide bonds. The van der Waals surface area contributed by atoms with Gasteiger partial charge in [0.05, 0.1) is 29.4 Å². The number of hydrogen-bond donors (Lipinski definition) is 4. The zero-order valence-corrected chi connectivity index (χ0v) is 20.9. The monoisotopic (exact) mass is 505 g/mol. The van der Waals surface area contributed by atoms with E-state index in [0.717, 1.165) is 82.3 Å². The number of allylic oxidation sites excluding steroid dienone is 2. The number of imidazole rings is 2. The fourth-order valence-electron chi connectivity index (χ4n) is 5.01. The molecule has 10 nitrogen and oxygen atoms in total. The SMILES string of the molecule is Cc1cn(C2=CC=CNc3nc(-c4n[nH]c5ccc(-c6cncc(OC7CCNCC7)c6)cc45)[nH]c32)cn1. The Morgan fingerprint density at radius 2 is 2.00 bits per heavy atom. The van der Waals surface area contributed by atoms with Crippen molar-refractivity contribution in [2.24, 2.45) is 0 Å². The highest BCUT2D eigenvalue weighted by Gasteiger charge is 2.21. The van der Waals surface area contributed by atoms with E-state index in [4.69, 9.17) is 9.72 Å². The summed E-state index contributed by atoms with van der Waals surface area (Å²) in [6.07, 6.45) is 15.5. The summed E-state index contributed by atoms with van der Waals surface area (Å²) in [5.74, 6) is 2.19. The molecule has 0 bridgehead atoms. The van der Waals surface area contributed by atoms with Crippen LogP contribution in [-0.4, -0.2) is 53.9 Å². The number of aryl methyl sites for hydroxylation is 1. The van der Waals surface area contributed by atoms with Crippen molar-refractivity contribution < 1.29 is 4.74 Å². The molecular formula is C28H27N9O. The Kier molecular flexibility index (Phi) is 5.51. The third kappa shape index (κ3) is 4.14. The number of ether oxygens (including phenoxy) is 1. The van der Waals surface area contributed by atoms with Crippen molar-refractivity contribution in [3.8, 4) is 28.4 Å². The lowest BCUT2D eigenvalue weighted by Gasteiger charge is -2.23. The van der Waals surface area contributed by atoms with Crippen LogP contribution in [-0.2, 0) is 0 Å². The summed E-state index contributed by atoms with van der Waals surface area (Å²) in [5.41, 5.74) is 6.45. The number of anilines is 1. The number of aromatic amines is 2. The molecule has 4 aromatic heterocycles. The minimum atomic E-state index is 0.221. The Hall–Kier alpha value is -4.70. The lowest BCUT2D eigenvalue weighted by molar-refractivity contribution is 0.162. The molecule has 5 aromatic rings. The van der Waals surface area contributed by atoms with Gasteiger partial charge in [0, 0.05) is 29.5 Å². The average Bonchev–Trinajstić information content (AvgIpc) is 3.65. The van der Waals surface area contributed by atoms with Crippen molar-refractivity contribution in [1.82, 2.24) is 40.0 Å². The van der Waals surface area contributed by atoms with E-state index in [0.29, 0.717) is 5.82 Å². The van der Waals surface area contributed by atoms with Gasteiger partial charge < -0.3 is 24.9 Å². The summed E-state index contributed by atoms with van der Waals surface area (Å²) in [4.78, 5) is 17.2. The highest BCUT2D eigenvalue weighted by atomic mass is 16.5. The molecular weight excluding hydrogens is 478 g/mol. The van der Waals surface area contributed by atoms with Gasteiger partial charge in [-0.15, -0.1) is 0 Å². The third-order valence-corrected chi connectivity index (χ3v) is 6.94. The van der Waals surface area contributed by atoms with Gasteiger partial charge >= 0.3 is 0 Å². The van der Waals surface area contributed by atoms with Gasteiger partial charge in [-0.2, -0.15) is 5.10 Å². The van der Waals surface area contributed by atoms with E-state index < -0.39 is 0 Å². The molecule has 1 aromatic carbocycles. The van der Waals surface area contributed by atoms with Crippen molar-refractivity contribution in [3.05, 3.63) is 78.9 Å². The first kappa shape index (κ1) is 22.5. The molecule has 0 aliphatic carbocycles. The maximum Gasteiger partial charge on any atom is 0.161 e. The first-order chi connectivity index (χ1) is 18.7. The summed E-state index contributed by atoms with van der Waals surface area (Å²) < 4.78 is 8.21. The molecule has 0 spiro atoms. The van der Waals surface area contributed by atoms with E-state index in [-0.39, 0.29) is 6.10 Å². The number of piperidine rings is 1. The van der Waals surface area contributed by atoms with Crippen LogP contribution in [0.1, 0.15) is 24.2 Å². The second-order valence-electron chi connectivity index (χ2n) is 9.60. The lowest BCUT2D eigenvalue weighted by Crippen LogP contribution is -2.34. The summed E-state index contributed by atoms with van der Waals surface area (Å²) in [6.45, 7) is 3.94. The quantitative estimate of drug-likeness (QED) is 0.278. The van der Waals surface area contributed by atoms with Gasteiger partial charge in [0.1, 0.15) is 23.2 Å². The standard InChI is InChI=1S/C28H27N9O/c1-17-15-37(16-32-17)24-3-2-8-31-27-26(24)33-28(34-27)25-22-12-18(4-5-23(22)35-36-25)19-11-21(14-30-13-19)38-20-6-9-29-10-7-20/h2-5,8,11-16,20,29,31H,6-7,9-10H2,1H3,(H,33,34)(H,35,36). The molecule has 0 unspecified atom stereocenters. The number of nitrogens with zero attached hydrogens (tertiary/aromatic N) is 5. The third-order valence-electron chi connectivity index (χ3n) is 6.94. The first-order valence-electron chi connectivity index (χ1n) is 12.8. The lowest BCUT2D eigenvalue weighted by atomic mass is 10.0. The highest BCUT2D eigenvalue weighted by Crippen LogP contribution is 2.34. The van der Waals surface area contributed by atoms with Crippen molar-refractivity contribution in [1.29, 1.82) is 0 Å². The fraction of sp³-hybridized carbons (Fsp3) is 0.214. The van der Waals surface area contributed by atoms with Gasteiger partial charge in [0.25, 0.3) is 0 Å². The van der Waals surface area contributed by atoms with Crippen LogP contribution in [0.2, 0.25) is 0 Å². The molecule has 1 fully saturated rings. The number of rotatable bonds is 5. The van der Waals surface area contributed by atoms with Crippen molar-refractivity contribution in [3.63, 3.8) is 0 Å². The van der Waals surface area contributed by atoms with Gasteiger partial charge in [-0.25, -0.2) is 9.97 Å². The average molecular weight is 506 g/mol. The van der Waals surface area contributed by atoms with Crippen molar-refractivity contribution >= 4 is 22.4 Å². The Morgan fingerprint density at radius 1 is 1.08 bits per heavy atom. The Balaban J connectivity index is 1.24. The van der Waals surface area contributed by atoms with E-state index in [1.54, 1.807) is 12.5 Å². The summed E-state index contributed by atoms with van der Waals surface area (Å²) in [6, 6.07) is 8.29. The number of pyridine rings is 1. The van der Waals surface area contributed by atoms with Gasteiger partial charge in [-0.1, -0.05) is 6.07 Å². The van der Waals surface area contributed by atoms with Crippen LogP contribution in [0.4, 0.5) is 5.82 Å². The molecule has 190 valence electrons. The molecule has 7 rings (SSSR count). The largest absolute Gasteiger partial charge is 0.489 e. The first-order valence-corrected chi connectivity index (χ1v) is 12.8. The second-order valence-corrected chi connectivity index (χ2v) is 9.60. The number of H-pyrrole nitrogens is 2. The molecule has 2 aliphatic rings. The smallest absolute Gasteiger partial charge is 0.161 e. The topological polar surface area (TPSA) is 121 Å². The van der Waals surface area contributed by atoms with E-state index in [9.17, 15) is 0 Å². The van der Waals surface area contributed by atoms with E-state index in [1.165, 1.54) is 0 Å². The van der Waals surface area contributed by atoms with Crippen LogP contribution in [0.15, 0.2) is 67.5 Å². The van der Waals surface area contributed by atoms with E-state index in [2.05, 4.69) is 54.0 Å². The molecule has 10 heteroatoms. The highest BCUT2D eigenvalue weighted by molar-refractivity contribution is 5.95. The van der Waals surface area contributed by atoms with Crippen LogP contribution in [0.25, 0.3) is 39.2 Å². The van der Waals surface area contributed by atoms with Crippen LogP contribution < -0.4 is 15.4 Å². The van der Waals surface area contributed by atoms with E-state index in [1.807, 2.05) is 48.3 Å². The normalized spacial score (nSPS) is 15.7. The van der Waals surface area contributed by atoms with Gasteiger partial charge in [-0.3, -0.25) is 10.1 Å². The van der Waals surface area contributed by atoms with Crippen LogP contribution in [0.3, 0.4) is 0 Å². The number of aromatic nitrogens is 7. The zero-order chi connectivity index (χ0) is 25.5. The predicted octanol–water partition coefficient (Wildman–Crippen LogP) is 4.48. The number of nitrogens with one attached hydrogen (secondary N) is 4. The van der Waals surface area contributed by atoms with Crippen LogP contribution in [0, 0.1) is 6.92 Å². The molecule has 6 heterocycles. The Morgan fingerprint density at radius 3 is 2.87 bits per heavy atom.